The second-order valence-electron chi connectivity index (χ2n) is 7.36. The normalized spacial score (nSPS) is 11.8. The molecule has 144 valence electrons. The van der Waals surface area contributed by atoms with Gasteiger partial charge < -0.3 is 21.7 Å². The molecule has 0 aliphatic carbocycles. The average molecular weight is 343 g/mol. The SMILES string of the molecule is C=C(CCCCCCCCN)CCCCCCCC(N)(CO)CO. The second kappa shape index (κ2) is 16.1. The number of unbranched alkanes of at least 4 members (excludes halogenated alkanes) is 9. The molecule has 0 atom stereocenters. The summed E-state index contributed by atoms with van der Waals surface area (Å²) in [6.07, 6.45) is 16.5. The molecule has 0 saturated heterocycles. The van der Waals surface area contributed by atoms with Crippen molar-refractivity contribution in [3.63, 3.8) is 0 Å². The maximum absolute atomic E-state index is 9.13. The van der Waals surface area contributed by atoms with Gasteiger partial charge in [0.05, 0.1) is 18.8 Å². The van der Waals surface area contributed by atoms with Crippen LogP contribution in [0.15, 0.2) is 12.2 Å². The van der Waals surface area contributed by atoms with Crippen molar-refractivity contribution >= 4 is 0 Å². The van der Waals surface area contributed by atoms with Gasteiger partial charge in [-0.15, -0.1) is 0 Å². The minimum atomic E-state index is -0.793. The van der Waals surface area contributed by atoms with Crippen molar-refractivity contribution in [3.8, 4) is 0 Å². The van der Waals surface area contributed by atoms with Crippen LogP contribution in [0.25, 0.3) is 0 Å². The van der Waals surface area contributed by atoms with Gasteiger partial charge in [0.25, 0.3) is 0 Å². The van der Waals surface area contributed by atoms with E-state index in [1.807, 2.05) is 0 Å². The van der Waals surface area contributed by atoms with Crippen molar-refractivity contribution in [3.05, 3.63) is 12.2 Å². The quantitative estimate of drug-likeness (QED) is 0.226. The molecule has 0 spiro atoms. The van der Waals surface area contributed by atoms with Crippen LogP contribution in [0.4, 0.5) is 0 Å². The molecular formula is C20H42N2O2. The molecule has 0 rings (SSSR count). The Labute approximate surface area is 149 Å². The lowest BCUT2D eigenvalue weighted by atomic mass is 9.94. The fraction of sp³-hybridized carbons (Fsp3) is 0.900. The van der Waals surface area contributed by atoms with Gasteiger partial charge >= 0.3 is 0 Å². The summed E-state index contributed by atoms with van der Waals surface area (Å²) in [4.78, 5) is 0. The van der Waals surface area contributed by atoms with Gasteiger partial charge in [0, 0.05) is 0 Å². The van der Waals surface area contributed by atoms with Crippen LogP contribution in [0.1, 0.15) is 89.9 Å². The molecule has 0 aromatic rings. The third-order valence-electron chi connectivity index (χ3n) is 4.82. The summed E-state index contributed by atoms with van der Waals surface area (Å²) in [6, 6.07) is 0. The van der Waals surface area contributed by atoms with Gasteiger partial charge in [-0.2, -0.15) is 0 Å². The van der Waals surface area contributed by atoms with E-state index >= 15 is 0 Å². The lowest BCUT2D eigenvalue weighted by Gasteiger charge is -2.24. The van der Waals surface area contributed by atoms with E-state index in [9.17, 15) is 0 Å². The smallest absolute Gasteiger partial charge is 0.0633 e. The highest BCUT2D eigenvalue weighted by Gasteiger charge is 2.21. The zero-order valence-electron chi connectivity index (χ0n) is 15.8. The van der Waals surface area contributed by atoms with Gasteiger partial charge in [-0.1, -0.05) is 63.5 Å². The number of nitrogens with two attached hydrogens (primary N) is 2. The standard InChI is InChI=1S/C20H42N2O2/c1-19(13-9-5-2-3-8-12-16-21)14-10-6-4-7-11-15-20(22,17-23)18-24/h23-24H,1-18,21-22H2. The monoisotopic (exact) mass is 342 g/mol. The maximum atomic E-state index is 9.13. The van der Waals surface area contributed by atoms with Crippen LogP contribution in [0.3, 0.4) is 0 Å². The van der Waals surface area contributed by atoms with E-state index in [0.29, 0.717) is 6.42 Å². The summed E-state index contributed by atoms with van der Waals surface area (Å²) in [7, 11) is 0. The fourth-order valence-corrected chi connectivity index (χ4v) is 2.94. The van der Waals surface area contributed by atoms with Crippen LogP contribution in [-0.4, -0.2) is 35.5 Å². The van der Waals surface area contributed by atoms with E-state index in [1.165, 1.54) is 69.8 Å². The Hall–Kier alpha value is -0.420. The van der Waals surface area contributed by atoms with Crippen LogP contribution in [0.5, 0.6) is 0 Å². The summed E-state index contributed by atoms with van der Waals surface area (Å²) in [5, 5.41) is 18.3. The maximum Gasteiger partial charge on any atom is 0.0633 e. The van der Waals surface area contributed by atoms with Gasteiger partial charge in [0.15, 0.2) is 0 Å². The Bertz CT molecular complexity index is 291. The Balaban J connectivity index is 3.34. The molecule has 0 aliphatic heterocycles. The number of allylic oxidation sites excluding steroid dienone is 1. The van der Waals surface area contributed by atoms with Gasteiger partial charge in [-0.3, -0.25) is 0 Å². The number of hydrogen-bond acceptors (Lipinski definition) is 4. The van der Waals surface area contributed by atoms with E-state index in [0.717, 1.165) is 25.8 Å². The molecule has 0 aromatic carbocycles. The minimum Gasteiger partial charge on any atom is -0.394 e. The topological polar surface area (TPSA) is 92.5 Å². The number of aliphatic hydroxyl groups is 2. The van der Waals surface area contributed by atoms with E-state index in [4.69, 9.17) is 21.7 Å². The highest BCUT2D eigenvalue weighted by atomic mass is 16.3. The summed E-state index contributed by atoms with van der Waals surface area (Å²) < 4.78 is 0. The summed E-state index contributed by atoms with van der Waals surface area (Å²) >= 11 is 0. The van der Waals surface area contributed by atoms with Gasteiger partial charge in [0.2, 0.25) is 0 Å². The predicted octanol–water partition coefficient (Wildman–Crippen LogP) is 3.64. The van der Waals surface area contributed by atoms with Crippen LogP contribution in [0.2, 0.25) is 0 Å². The van der Waals surface area contributed by atoms with E-state index in [2.05, 4.69) is 6.58 Å². The molecule has 6 N–H and O–H groups in total. The lowest BCUT2D eigenvalue weighted by Crippen LogP contribution is -2.47. The Morgan fingerprint density at radius 1 is 0.708 bits per heavy atom. The predicted molar refractivity (Wildman–Crippen MR) is 104 cm³/mol. The van der Waals surface area contributed by atoms with Crippen molar-refractivity contribution in [2.24, 2.45) is 11.5 Å². The lowest BCUT2D eigenvalue weighted by molar-refractivity contribution is 0.112. The highest BCUT2D eigenvalue weighted by Crippen LogP contribution is 2.18. The number of rotatable bonds is 18. The molecule has 0 unspecified atom stereocenters. The Morgan fingerprint density at radius 3 is 1.58 bits per heavy atom. The summed E-state index contributed by atoms with van der Waals surface area (Å²) in [5.41, 5.74) is 11.9. The van der Waals surface area contributed by atoms with Crippen molar-refractivity contribution < 1.29 is 10.2 Å². The largest absolute Gasteiger partial charge is 0.394 e. The molecular weight excluding hydrogens is 300 g/mol. The number of aliphatic hydroxyl groups excluding tert-OH is 2. The van der Waals surface area contributed by atoms with Crippen molar-refractivity contribution in [1.29, 1.82) is 0 Å². The first kappa shape index (κ1) is 23.6. The molecule has 0 amide bonds. The molecule has 4 nitrogen and oxygen atoms in total. The highest BCUT2D eigenvalue weighted by molar-refractivity contribution is 4.93. The van der Waals surface area contributed by atoms with E-state index in [1.54, 1.807) is 0 Å². The van der Waals surface area contributed by atoms with E-state index < -0.39 is 5.54 Å². The Kier molecular flexibility index (Phi) is 15.8. The average Bonchev–Trinajstić information content (AvgIpc) is 2.59. The molecule has 24 heavy (non-hydrogen) atoms. The summed E-state index contributed by atoms with van der Waals surface area (Å²) in [6.45, 7) is 4.74. The van der Waals surface area contributed by atoms with Gasteiger partial charge in [0.1, 0.15) is 0 Å². The van der Waals surface area contributed by atoms with Crippen molar-refractivity contribution in [1.82, 2.24) is 0 Å². The fourth-order valence-electron chi connectivity index (χ4n) is 2.94. The molecule has 0 radical (unpaired) electrons. The zero-order valence-corrected chi connectivity index (χ0v) is 15.8. The first-order valence-corrected chi connectivity index (χ1v) is 9.95. The molecule has 0 aliphatic rings. The van der Waals surface area contributed by atoms with Gasteiger partial charge in [-0.05, 0) is 45.1 Å². The Morgan fingerprint density at radius 2 is 1.12 bits per heavy atom. The molecule has 0 heterocycles. The van der Waals surface area contributed by atoms with E-state index in [-0.39, 0.29) is 13.2 Å². The van der Waals surface area contributed by atoms with Crippen LogP contribution in [0, 0.1) is 0 Å². The first-order valence-electron chi connectivity index (χ1n) is 9.95. The molecule has 0 fully saturated rings. The second-order valence-corrected chi connectivity index (χ2v) is 7.36. The van der Waals surface area contributed by atoms with Crippen LogP contribution in [-0.2, 0) is 0 Å². The van der Waals surface area contributed by atoms with Crippen molar-refractivity contribution in [2.45, 2.75) is 95.4 Å². The minimum absolute atomic E-state index is 0.143. The van der Waals surface area contributed by atoms with Crippen LogP contribution >= 0.6 is 0 Å². The zero-order chi connectivity index (χ0) is 18.1. The van der Waals surface area contributed by atoms with Crippen molar-refractivity contribution in [2.75, 3.05) is 19.8 Å². The first-order chi connectivity index (χ1) is 11.6. The van der Waals surface area contributed by atoms with Crippen LogP contribution < -0.4 is 11.5 Å². The summed E-state index contributed by atoms with van der Waals surface area (Å²) in [5.74, 6) is 0. The third kappa shape index (κ3) is 14.0. The molecule has 0 saturated carbocycles. The molecule has 0 aromatic heterocycles. The molecule has 4 heteroatoms. The third-order valence-corrected chi connectivity index (χ3v) is 4.82. The number of hydrogen-bond donors (Lipinski definition) is 4. The van der Waals surface area contributed by atoms with Gasteiger partial charge in [-0.25, -0.2) is 0 Å². The molecule has 0 bridgehead atoms.